The van der Waals surface area contributed by atoms with Crippen molar-refractivity contribution in [3.63, 3.8) is 0 Å². The smallest absolute Gasteiger partial charge is 0.103 e. The summed E-state index contributed by atoms with van der Waals surface area (Å²) in [6.07, 6.45) is 3.19. The van der Waals surface area contributed by atoms with Crippen molar-refractivity contribution >= 4 is 17.3 Å². The Kier molecular flexibility index (Phi) is 2.71. The van der Waals surface area contributed by atoms with Gasteiger partial charge in [0.25, 0.3) is 0 Å². The molecular weight excluding hydrogens is 268 g/mol. The number of hydrogen-bond acceptors (Lipinski definition) is 2. The molecule has 2 nitrogen and oxygen atoms in total. The molecule has 2 aliphatic heterocycles. The van der Waals surface area contributed by atoms with E-state index in [9.17, 15) is 0 Å². The molecule has 0 bridgehead atoms. The SMILES string of the molecule is Clc1ccc2c(c1)CC=C1N[C@H](c3ccccc3)CN12. The Bertz CT molecular complexity index is 679. The van der Waals surface area contributed by atoms with Crippen LogP contribution >= 0.6 is 11.6 Å². The number of nitrogens with one attached hydrogen (secondary N) is 1. The molecule has 1 N–H and O–H groups in total. The highest BCUT2D eigenvalue weighted by Gasteiger charge is 2.30. The highest BCUT2D eigenvalue weighted by Crippen LogP contribution is 2.36. The quantitative estimate of drug-likeness (QED) is 0.854. The van der Waals surface area contributed by atoms with Gasteiger partial charge >= 0.3 is 0 Å². The number of benzene rings is 2. The lowest BCUT2D eigenvalue weighted by Crippen LogP contribution is -2.23. The summed E-state index contributed by atoms with van der Waals surface area (Å²) in [6, 6.07) is 17.1. The van der Waals surface area contributed by atoms with Gasteiger partial charge in [-0.2, -0.15) is 0 Å². The molecule has 20 heavy (non-hydrogen) atoms. The second-order valence-electron chi connectivity index (χ2n) is 5.28. The first-order chi connectivity index (χ1) is 9.81. The van der Waals surface area contributed by atoms with E-state index in [2.05, 4.69) is 58.8 Å². The molecule has 1 atom stereocenters. The maximum Gasteiger partial charge on any atom is 0.103 e. The second-order valence-corrected chi connectivity index (χ2v) is 5.72. The van der Waals surface area contributed by atoms with Crippen LogP contribution < -0.4 is 10.2 Å². The van der Waals surface area contributed by atoms with Gasteiger partial charge in [0.2, 0.25) is 0 Å². The van der Waals surface area contributed by atoms with Crippen LogP contribution in [0.1, 0.15) is 17.2 Å². The number of hydrogen-bond donors (Lipinski definition) is 1. The summed E-state index contributed by atoms with van der Waals surface area (Å²) in [5.74, 6) is 1.22. The van der Waals surface area contributed by atoms with Gasteiger partial charge in [0, 0.05) is 17.3 Å². The Morgan fingerprint density at radius 1 is 1.10 bits per heavy atom. The largest absolute Gasteiger partial charge is 0.363 e. The third-order valence-corrected chi connectivity index (χ3v) is 4.26. The average molecular weight is 283 g/mol. The summed E-state index contributed by atoms with van der Waals surface area (Å²) in [6.45, 7) is 0.963. The average Bonchev–Trinajstić information content (AvgIpc) is 2.92. The van der Waals surface area contributed by atoms with Crippen LogP contribution in [0.2, 0.25) is 5.02 Å². The Hall–Kier alpha value is -1.93. The van der Waals surface area contributed by atoms with Crippen molar-refractivity contribution in [3.05, 3.63) is 76.6 Å². The molecule has 0 amide bonds. The van der Waals surface area contributed by atoms with Crippen LogP contribution in [0.4, 0.5) is 5.69 Å². The van der Waals surface area contributed by atoms with Crippen LogP contribution in [-0.2, 0) is 6.42 Å². The molecule has 100 valence electrons. The van der Waals surface area contributed by atoms with Crippen molar-refractivity contribution in [3.8, 4) is 0 Å². The number of halogens is 1. The minimum atomic E-state index is 0.351. The van der Waals surface area contributed by atoms with Crippen molar-refractivity contribution in [1.29, 1.82) is 0 Å². The molecule has 2 aromatic carbocycles. The molecule has 2 heterocycles. The first-order valence-corrected chi connectivity index (χ1v) is 7.27. The highest BCUT2D eigenvalue weighted by molar-refractivity contribution is 6.30. The van der Waals surface area contributed by atoms with E-state index in [1.54, 1.807) is 0 Å². The van der Waals surface area contributed by atoms with E-state index in [-0.39, 0.29) is 0 Å². The van der Waals surface area contributed by atoms with Gasteiger partial charge in [0.05, 0.1) is 6.04 Å². The first kappa shape index (κ1) is 11.9. The summed E-state index contributed by atoms with van der Waals surface area (Å²) >= 11 is 6.09. The number of nitrogens with zero attached hydrogens (tertiary/aromatic N) is 1. The zero-order valence-electron chi connectivity index (χ0n) is 11.0. The van der Waals surface area contributed by atoms with Crippen LogP contribution in [0.5, 0.6) is 0 Å². The first-order valence-electron chi connectivity index (χ1n) is 6.89. The molecule has 1 fully saturated rings. The molecular formula is C17H15ClN2. The van der Waals surface area contributed by atoms with Crippen LogP contribution in [0.3, 0.4) is 0 Å². The molecule has 3 heteroatoms. The molecule has 0 unspecified atom stereocenters. The standard InChI is InChI=1S/C17H15ClN2/c18-14-7-8-16-13(10-14)6-9-17-19-15(11-20(16)17)12-4-2-1-3-5-12/h1-5,7-10,15,19H,6,11H2/t15-/m0/s1. The summed E-state index contributed by atoms with van der Waals surface area (Å²) in [7, 11) is 0. The van der Waals surface area contributed by atoms with Gasteiger partial charge < -0.3 is 10.2 Å². The Morgan fingerprint density at radius 2 is 1.95 bits per heavy atom. The Labute approximate surface area is 123 Å². The zero-order valence-corrected chi connectivity index (χ0v) is 11.8. The van der Waals surface area contributed by atoms with Crippen LogP contribution in [0.15, 0.2) is 60.4 Å². The number of allylic oxidation sites excluding steroid dienone is 1. The monoisotopic (exact) mass is 282 g/mol. The number of fused-ring (bicyclic) bond motifs is 3. The van der Waals surface area contributed by atoms with E-state index in [0.717, 1.165) is 18.0 Å². The number of rotatable bonds is 1. The van der Waals surface area contributed by atoms with Crippen LogP contribution in [0, 0.1) is 0 Å². The third-order valence-electron chi connectivity index (χ3n) is 4.03. The molecule has 4 rings (SSSR count). The van der Waals surface area contributed by atoms with Gasteiger partial charge in [-0.05, 0) is 41.8 Å². The maximum atomic E-state index is 6.09. The summed E-state index contributed by atoms with van der Waals surface area (Å²) in [4.78, 5) is 2.35. The molecule has 0 aromatic heterocycles. The fourth-order valence-electron chi connectivity index (χ4n) is 3.04. The second kappa shape index (κ2) is 4.57. The summed E-state index contributed by atoms with van der Waals surface area (Å²) < 4.78 is 0. The van der Waals surface area contributed by atoms with E-state index in [0.29, 0.717) is 6.04 Å². The third kappa shape index (κ3) is 1.88. The van der Waals surface area contributed by atoms with Gasteiger partial charge in [0.1, 0.15) is 5.82 Å². The van der Waals surface area contributed by atoms with Gasteiger partial charge in [-0.1, -0.05) is 41.9 Å². The van der Waals surface area contributed by atoms with Crippen molar-refractivity contribution in [1.82, 2.24) is 5.32 Å². The number of anilines is 1. The lowest BCUT2D eigenvalue weighted by Gasteiger charge is -2.26. The van der Waals surface area contributed by atoms with Crippen molar-refractivity contribution in [2.24, 2.45) is 0 Å². The molecule has 0 spiro atoms. The van der Waals surface area contributed by atoms with Gasteiger partial charge in [-0.3, -0.25) is 0 Å². The molecule has 0 radical (unpaired) electrons. The Balaban J connectivity index is 1.68. The van der Waals surface area contributed by atoms with Crippen molar-refractivity contribution < 1.29 is 0 Å². The summed E-state index contributed by atoms with van der Waals surface area (Å²) in [5, 5.41) is 4.43. The predicted octanol–water partition coefficient (Wildman–Crippen LogP) is 3.89. The van der Waals surface area contributed by atoms with E-state index in [4.69, 9.17) is 11.6 Å². The minimum absolute atomic E-state index is 0.351. The molecule has 0 saturated carbocycles. The van der Waals surface area contributed by atoms with Crippen LogP contribution in [-0.4, -0.2) is 6.54 Å². The summed E-state index contributed by atoms with van der Waals surface area (Å²) in [5.41, 5.74) is 3.91. The fourth-order valence-corrected chi connectivity index (χ4v) is 3.24. The van der Waals surface area contributed by atoms with E-state index >= 15 is 0 Å². The maximum absolute atomic E-state index is 6.09. The molecule has 2 aromatic rings. The van der Waals surface area contributed by atoms with Gasteiger partial charge in [-0.25, -0.2) is 0 Å². The lowest BCUT2D eigenvalue weighted by atomic mass is 10.0. The van der Waals surface area contributed by atoms with Crippen molar-refractivity contribution in [2.45, 2.75) is 12.5 Å². The minimum Gasteiger partial charge on any atom is -0.363 e. The fraction of sp³-hybridized carbons (Fsp3) is 0.176. The topological polar surface area (TPSA) is 15.3 Å². The van der Waals surface area contributed by atoms with Crippen molar-refractivity contribution in [2.75, 3.05) is 11.4 Å². The highest BCUT2D eigenvalue weighted by atomic mass is 35.5. The van der Waals surface area contributed by atoms with Crippen LogP contribution in [0.25, 0.3) is 0 Å². The molecule has 1 saturated heterocycles. The Morgan fingerprint density at radius 3 is 2.80 bits per heavy atom. The normalized spacial score (nSPS) is 19.9. The van der Waals surface area contributed by atoms with E-state index < -0.39 is 0 Å². The van der Waals surface area contributed by atoms with E-state index in [1.807, 2.05) is 6.07 Å². The lowest BCUT2D eigenvalue weighted by molar-refractivity contribution is 0.704. The van der Waals surface area contributed by atoms with Gasteiger partial charge in [-0.15, -0.1) is 0 Å². The van der Waals surface area contributed by atoms with Gasteiger partial charge in [0.15, 0.2) is 0 Å². The zero-order chi connectivity index (χ0) is 13.5. The predicted molar refractivity (Wildman–Crippen MR) is 82.9 cm³/mol. The molecule has 2 aliphatic rings. The van der Waals surface area contributed by atoms with E-state index in [1.165, 1.54) is 22.6 Å². The molecule has 0 aliphatic carbocycles.